The number of anilines is 1. The first-order valence-corrected chi connectivity index (χ1v) is 9.62. The van der Waals surface area contributed by atoms with Crippen LogP contribution in [0.5, 0.6) is 11.5 Å². The van der Waals surface area contributed by atoms with E-state index in [2.05, 4.69) is 15.2 Å². The zero-order chi connectivity index (χ0) is 23.8. The summed E-state index contributed by atoms with van der Waals surface area (Å²) in [6.45, 7) is 0. The largest absolute Gasteiger partial charge is 0.573 e. The van der Waals surface area contributed by atoms with E-state index >= 15 is 0 Å². The molecule has 1 amide bonds. The fraction of sp³-hybridized carbons (Fsp3) is 0.130. The lowest BCUT2D eigenvalue weighted by Gasteiger charge is -2.09. The molecule has 0 aliphatic heterocycles. The van der Waals surface area contributed by atoms with E-state index < -0.39 is 18.1 Å². The van der Waals surface area contributed by atoms with Gasteiger partial charge in [-0.1, -0.05) is 0 Å². The van der Waals surface area contributed by atoms with E-state index in [0.717, 1.165) is 6.07 Å². The van der Waals surface area contributed by atoms with Crippen molar-refractivity contribution in [3.63, 3.8) is 0 Å². The number of methoxy groups -OCH3 is 1. The summed E-state index contributed by atoms with van der Waals surface area (Å²) in [4.78, 5) is 12.7. The molecule has 10 heteroatoms. The minimum Gasteiger partial charge on any atom is -0.494 e. The molecular formula is C23H17F4N3O3. The SMILES string of the molecule is COc1ccc(NC(=O)c2ccc3c(-c4ccc(OC(F)(F)F)cc4)nn(C)c3c2)cc1F. The Labute approximate surface area is 185 Å². The standard InChI is InChI=1S/C23H17F4N3O3/c1-30-19-11-14(22(31)28-15-6-10-20(32-2)18(24)12-15)5-9-17(19)21(29-30)13-3-7-16(8-4-13)33-23(25,26)27/h3-12H,1-2H3,(H,28,31). The minimum atomic E-state index is -4.77. The number of fused-ring (bicyclic) bond motifs is 1. The maximum Gasteiger partial charge on any atom is 0.573 e. The van der Waals surface area contributed by atoms with Crippen LogP contribution >= 0.6 is 0 Å². The summed E-state index contributed by atoms with van der Waals surface area (Å²) in [5, 5.41) is 7.77. The number of benzene rings is 3. The lowest BCUT2D eigenvalue weighted by atomic mass is 10.1. The van der Waals surface area contributed by atoms with Gasteiger partial charge in [-0.05, 0) is 54.6 Å². The predicted octanol–water partition coefficient (Wildman–Crippen LogP) is 5.54. The summed E-state index contributed by atoms with van der Waals surface area (Å²) < 4.78 is 61.3. The van der Waals surface area contributed by atoms with Gasteiger partial charge in [0.1, 0.15) is 11.4 Å². The van der Waals surface area contributed by atoms with Crippen LogP contribution in [-0.2, 0) is 7.05 Å². The second-order valence-electron chi connectivity index (χ2n) is 7.08. The number of aromatic nitrogens is 2. The van der Waals surface area contributed by atoms with Crippen molar-refractivity contribution in [1.82, 2.24) is 9.78 Å². The molecule has 0 spiro atoms. The molecule has 0 saturated carbocycles. The van der Waals surface area contributed by atoms with Crippen molar-refractivity contribution < 1.29 is 31.8 Å². The molecule has 0 aliphatic rings. The lowest BCUT2D eigenvalue weighted by Crippen LogP contribution is -2.16. The maximum atomic E-state index is 13.9. The summed E-state index contributed by atoms with van der Waals surface area (Å²) in [6.07, 6.45) is -4.77. The molecular weight excluding hydrogens is 442 g/mol. The first-order chi connectivity index (χ1) is 15.6. The van der Waals surface area contributed by atoms with Crippen molar-refractivity contribution in [1.29, 1.82) is 0 Å². The van der Waals surface area contributed by atoms with Crippen LogP contribution in [0.15, 0.2) is 60.7 Å². The van der Waals surface area contributed by atoms with Gasteiger partial charge in [0.2, 0.25) is 0 Å². The van der Waals surface area contributed by atoms with Crippen LogP contribution < -0.4 is 14.8 Å². The highest BCUT2D eigenvalue weighted by atomic mass is 19.4. The molecule has 3 aromatic carbocycles. The molecule has 4 rings (SSSR count). The smallest absolute Gasteiger partial charge is 0.494 e. The number of amides is 1. The molecule has 0 bridgehead atoms. The fourth-order valence-corrected chi connectivity index (χ4v) is 3.37. The summed E-state index contributed by atoms with van der Waals surface area (Å²) in [6, 6.07) is 14.4. The number of aryl methyl sites for hydroxylation is 1. The molecule has 6 nitrogen and oxygen atoms in total. The topological polar surface area (TPSA) is 65.4 Å². The van der Waals surface area contributed by atoms with E-state index in [4.69, 9.17) is 4.74 Å². The Morgan fingerprint density at radius 1 is 1.03 bits per heavy atom. The van der Waals surface area contributed by atoms with E-state index in [1.54, 1.807) is 29.9 Å². The third-order valence-electron chi connectivity index (χ3n) is 4.88. The molecule has 1 heterocycles. The third-order valence-corrected chi connectivity index (χ3v) is 4.88. The van der Waals surface area contributed by atoms with Gasteiger partial charge in [0.05, 0.1) is 12.6 Å². The number of ether oxygens (including phenoxy) is 2. The van der Waals surface area contributed by atoms with Crippen LogP contribution in [0, 0.1) is 5.82 Å². The third kappa shape index (κ3) is 4.74. The van der Waals surface area contributed by atoms with E-state index in [0.29, 0.717) is 27.7 Å². The number of halogens is 4. The number of carbonyl (C=O) groups is 1. The molecule has 170 valence electrons. The van der Waals surface area contributed by atoms with Crippen molar-refractivity contribution in [2.24, 2.45) is 7.05 Å². The number of nitrogens with zero attached hydrogens (tertiary/aromatic N) is 2. The van der Waals surface area contributed by atoms with Gasteiger partial charge in [0.15, 0.2) is 11.6 Å². The zero-order valence-corrected chi connectivity index (χ0v) is 17.4. The van der Waals surface area contributed by atoms with Crippen molar-refractivity contribution in [2.45, 2.75) is 6.36 Å². The Morgan fingerprint density at radius 2 is 1.76 bits per heavy atom. The second kappa shape index (κ2) is 8.45. The summed E-state index contributed by atoms with van der Waals surface area (Å²) >= 11 is 0. The Kier molecular flexibility index (Phi) is 5.67. The van der Waals surface area contributed by atoms with E-state index in [9.17, 15) is 22.4 Å². The number of rotatable bonds is 5. The van der Waals surface area contributed by atoms with E-state index in [-0.39, 0.29) is 17.2 Å². The molecule has 0 radical (unpaired) electrons. The van der Waals surface area contributed by atoms with Crippen LogP contribution in [0.25, 0.3) is 22.2 Å². The monoisotopic (exact) mass is 459 g/mol. The average Bonchev–Trinajstić information content (AvgIpc) is 3.09. The molecule has 1 aromatic heterocycles. The highest BCUT2D eigenvalue weighted by Gasteiger charge is 2.31. The average molecular weight is 459 g/mol. The van der Waals surface area contributed by atoms with E-state index in [1.165, 1.54) is 43.5 Å². The van der Waals surface area contributed by atoms with Crippen LogP contribution in [0.1, 0.15) is 10.4 Å². The Morgan fingerprint density at radius 3 is 2.39 bits per heavy atom. The molecule has 0 atom stereocenters. The Bertz CT molecular complexity index is 1330. The van der Waals surface area contributed by atoms with E-state index in [1.807, 2.05) is 0 Å². The van der Waals surface area contributed by atoms with Gasteiger partial charge in [-0.15, -0.1) is 13.2 Å². The quantitative estimate of drug-likeness (QED) is 0.398. The molecule has 4 aromatic rings. The molecule has 0 aliphatic carbocycles. The molecule has 1 N–H and O–H groups in total. The van der Waals surface area contributed by atoms with Gasteiger partial charge in [0.25, 0.3) is 5.91 Å². The summed E-state index contributed by atoms with van der Waals surface area (Å²) in [5.41, 5.74) is 2.35. The maximum absolute atomic E-state index is 13.9. The Balaban J connectivity index is 1.60. The van der Waals surface area contributed by atoms with Gasteiger partial charge in [0, 0.05) is 35.3 Å². The number of alkyl halides is 3. The van der Waals surface area contributed by atoms with Gasteiger partial charge in [-0.3, -0.25) is 9.48 Å². The van der Waals surface area contributed by atoms with Crippen LogP contribution in [0.4, 0.5) is 23.2 Å². The van der Waals surface area contributed by atoms with Crippen molar-refractivity contribution >= 4 is 22.5 Å². The van der Waals surface area contributed by atoms with Crippen LogP contribution in [-0.4, -0.2) is 29.2 Å². The highest BCUT2D eigenvalue weighted by molar-refractivity contribution is 6.07. The summed E-state index contributed by atoms with van der Waals surface area (Å²) in [5.74, 6) is -1.32. The van der Waals surface area contributed by atoms with Gasteiger partial charge in [-0.25, -0.2) is 4.39 Å². The van der Waals surface area contributed by atoms with Crippen molar-refractivity contribution in [2.75, 3.05) is 12.4 Å². The summed E-state index contributed by atoms with van der Waals surface area (Å²) in [7, 11) is 3.03. The van der Waals surface area contributed by atoms with Gasteiger partial charge in [-0.2, -0.15) is 5.10 Å². The van der Waals surface area contributed by atoms with Crippen LogP contribution in [0.2, 0.25) is 0 Å². The number of nitrogens with one attached hydrogen (secondary N) is 1. The fourth-order valence-electron chi connectivity index (χ4n) is 3.37. The lowest BCUT2D eigenvalue weighted by molar-refractivity contribution is -0.274. The molecule has 33 heavy (non-hydrogen) atoms. The number of carbonyl (C=O) groups excluding carboxylic acids is 1. The highest BCUT2D eigenvalue weighted by Crippen LogP contribution is 2.31. The number of hydrogen-bond acceptors (Lipinski definition) is 4. The Hall–Kier alpha value is -4.08. The van der Waals surface area contributed by atoms with Crippen molar-refractivity contribution in [3.8, 4) is 22.8 Å². The first kappa shape index (κ1) is 22.1. The molecule has 0 unspecified atom stereocenters. The zero-order valence-electron chi connectivity index (χ0n) is 17.4. The second-order valence-corrected chi connectivity index (χ2v) is 7.08. The molecule has 0 saturated heterocycles. The predicted molar refractivity (Wildman–Crippen MR) is 114 cm³/mol. The van der Waals surface area contributed by atoms with Gasteiger partial charge < -0.3 is 14.8 Å². The normalized spacial score (nSPS) is 11.5. The molecule has 0 fully saturated rings. The van der Waals surface area contributed by atoms with Gasteiger partial charge >= 0.3 is 6.36 Å². The van der Waals surface area contributed by atoms with Crippen molar-refractivity contribution in [3.05, 3.63) is 72.0 Å². The minimum absolute atomic E-state index is 0.0647. The number of hydrogen-bond donors (Lipinski definition) is 1. The first-order valence-electron chi connectivity index (χ1n) is 9.62. The van der Waals surface area contributed by atoms with Crippen LogP contribution in [0.3, 0.4) is 0 Å².